The fourth-order valence-corrected chi connectivity index (χ4v) is 6.34. The van der Waals surface area contributed by atoms with Gasteiger partial charge in [-0.2, -0.15) is 13.2 Å². The second kappa shape index (κ2) is 12.5. The number of fused-ring (bicyclic) bond motifs is 1. The number of carbonyl (C=O) groups excluding carboxylic acids is 2. The number of para-hydroxylation sites is 1. The summed E-state index contributed by atoms with van der Waals surface area (Å²) < 4.78 is 46.5. The van der Waals surface area contributed by atoms with E-state index >= 15 is 0 Å². The summed E-state index contributed by atoms with van der Waals surface area (Å²) in [6.07, 6.45) is -4.55. The molecule has 0 fully saturated rings. The van der Waals surface area contributed by atoms with Gasteiger partial charge in [-0.15, -0.1) is 0 Å². The molecule has 2 N–H and O–H groups in total. The molecule has 2 heterocycles. The predicted octanol–water partition coefficient (Wildman–Crippen LogP) is 6.79. The lowest BCUT2D eigenvalue weighted by molar-refractivity contribution is -0.149. The van der Waals surface area contributed by atoms with E-state index in [2.05, 4.69) is 10.3 Å². The highest BCUT2D eigenvalue weighted by molar-refractivity contribution is 6.14. The number of anilines is 2. The van der Waals surface area contributed by atoms with Crippen LogP contribution in [0.2, 0.25) is 0 Å². The fourth-order valence-electron chi connectivity index (χ4n) is 6.34. The third kappa shape index (κ3) is 7.34. The largest absolute Gasteiger partial charge is 0.481 e. The van der Waals surface area contributed by atoms with E-state index in [0.717, 1.165) is 21.6 Å². The van der Waals surface area contributed by atoms with Gasteiger partial charge in [0.05, 0.1) is 23.4 Å². The zero-order valence-corrected chi connectivity index (χ0v) is 27.3. The summed E-state index contributed by atoms with van der Waals surface area (Å²) in [6.45, 7) is 11.6. The van der Waals surface area contributed by atoms with Crippen LogP contribution in [0.1, 0.15) is 77.9 Å². The van der Waals surface area contributed by atoms with Crippen molar-refractivity contribution in [3.63, 3.8) is 0 Å². The SMILES string of the molecule is CC(C)(C)OC(=O)N(C(=O)[C@@H]1C[C@](C)(C(C(=O)O)C(C)(C)C)c2ncc(NCc3cccc(C(F)(F)F)c3)c(=O)n21)c1ccccc1. The smallest absolute Gasteiger partial charge is 0.421 e. The van der Waals surface area contributed by atoms with E-state index in [-0.39, 0.29) is 35.7 Å². The van der Waals surface area contributed by atoms with Gasteiger partial charge in [0.15, 0.2) is 0 Å². The Morgan fingerprint density at radius 2 is 1.70 bits per heavy atom. The van der Waals surface area contributed by atoms with Crippen LogP contribution in [-0.4, -0.2) is 38.2 Å². The molecule has 0 spiro atoms. The van der Waals surface area contributed by atoms with Crippen molar-refractivity contribution in [2.45, 2.75) is 84.7 Å². The molecule has 2 aromatic carbocycles. The quantitative estimate of drug-likeness (QED) is 0.284. The number of rotatable bonds is 7. The number of nitrogens with zero attached hydrogens (tertiary/aromatic N) is 3. The number of carboxylic acid groups (broad SMARTS) is 1. The number of carboxylic acids is 1. The number of hydrogen-bond acceptors (Lipinski definition) is 7. The molecule has 1 aromatic heterocycles. The Balaban J connectivity index is 1.86. The van der Waals surface area contributed by atoms with Crippen LogP contribution in [0.4, 0.5) is 29.3 Å². The van der Waals surface area contributed by atoms with E-state index in [4.69, 9.17) is 4.74 Å². The Hall–Kier alpha value is -4.68. The first-order chi connectivity index (χ1) is 21.6. The van der Waals surface area contributed by atoms with Crippen LogP contribution in [0.5, 0.6) is 0 Å². The summed E-state index contributed by atoms with van der Waals surface area (Å²) >= 11 is 0. The molecular weight excluding hydrogens is 617 g/mol. The molecule has 47 heavy (non-hydrogen) atoms. The lowest BCUT2D eigenvalue weighted by Gasteiger charge is -2.39. The third-order valence-corrected chi connectivity index (χ3v) is 8.02. The topological polar surface area (TPSA) is 131 Å². The second-order valence-electron chi connectivity index (χ2n) is 14.0. The van der Waals surface area contributed by atoms with Crippen LogP contribution < -0.4 is 15.8 Å². The molecule has 0 saturated carbocycles. The van der Waals surface area contributed by atoms with Crippen molar-refractivity contribution < 1.29 is 37.4 Å². The van der Waals surface area contributed by atoms with Gasteiger partial charge in [0.2, 0.25) is 0 Å². The number of aliphatic carboxylic acids is 1. The Bertz CT molecular complexity index is 1730. The summed E-state index contributed by atoms with van der Waals surface area (Å²) in [6, 6.07) is 11.2. The standard InChI is InChI=1S/C34H39F3N4O6/c1-31(2,3)25(28(44)45)33(7)17-24(27(43)40(22-14-9-8-10-15-22)30(46)47-32(4,5)6)41-26(42)23(19-39-29(33)41)38-18-20-12-11-13-21(16-20)34(35,36)37/h8-16,19,24-25,38H,17-18H2,1-7H3,(H,44,45)/t24-,25?,33+/m0/s1. The minimum absolute atomic E-state index is 0.0324. The van der Waals surface area contributed by atoms with Crippen LogP contribution >= 0.6 is 0 Å². The average Bonchev–Trinajstić information content (AvgIpc) is 3.24. The number of aromatic nitrogens is 2. The van der Waals surface area contributed by atoms with Gasteiger partial charge < -0.3 is 15.2 Å². The number of alkyl halides is 3. The number of benzene rings is 2. The zero-order valence-electron chi connectivity index (χ0n) is 27.3. The first-order valence-electron chi connectivity index (χ1n) is 15.0. The van der Waals surface area contributed by atoms with Gasteiger partial charge in [-0.05, 0) is 62.4 Å². The number of nitrogens with one attached hydrogen (secondary N) is 1. The lowest BCUT2D eigenvalue weighted by Crippen LogP contribution is -2.46. The Kier molecular flexibility index (Phi) is 9.35. The van der Waals surface area contributed by atoms with Crippen molar-refractivity contribution in [3.05, 3.63) is 88.1 Å². The van der Waals surface area contributed by atoms with E-state index in [1.54, 1.807) is 66.7 Å². The van der Waals surface area contributed by atoms with E-state index in [9.17, 15) is 37.5 Å². The van der Waals surface area contributed by atoms with Crippen LogP contribution in [0, 0.1) is 11.3 Å². The number of hydrogen-bond donors (Lipinski definition) is 2. The highest BCUT2D eigenvalue weighted by atomic mass is 19.4. The average molecular weight is 657 g/mol. The van der Waals surface area contributed by atoms with E-state index < -0.39 is 63.7 Å². The summed E-state index contributed by atoms with van der Waals surface area (Å²) in [5.74, 6) is -3.09. The maximum absolute atomic E-state index is 14.5. The molecule has 0 saturated heterocycles. The number of carbonyl (C=O) groups is 3. The normalized spacial score (nSPS) is 18.6. The van der Waals surface area contributed by atoms with Gasteiger partial charge in [0.1, 0.15) is 23.2 Å². The maximum atomic E-state index is 14.5. The summed E-state index contributed by atoms with van der Waals surface area (Å²) in [5.41, 5.74) is -4.52. The van der Waals surface area contributed by atoms with Crippen LogP contribution in [0.3, 0.4) is 0 Å². The monoisotopic (exact) mass is 656 g/mol. The molecule has 10 nitrogen and oxygen atoms in total. The van der Waals surface area contributed by atoms with Gasteiger partial charge in [-0.25, -0.2) is 14.7 Å². The zero-order chi connectivity index (χ0) is 35.1. The van der Waals surface area contributed by atoms with Gasteiger partial charge in [0, 0.05) is 12.0 Å². The van der Waals surface area contributed by atoms with Gasteiger partial charge >= 0.3 is 18.2 Å². The molecule has 252 valence electrons. The molecule has 3 aromatic rings. The fraction of sp³-hybridized carbons (Fsp3) is 0.441. The molecule has 1 aliphatic heterocycles. The highest BCUT2D eigenvalue weighted by Gasteiger charge is 2.57. The summed E-state index contributed by atoms with van der Waals surface area (Å²) in [5, 5.41) is 13.3. The summed E-state index contributed by atoms with van der Waals surface area (Å²) in [4.78, 5) is 60.3. The van der Waals surface area contributed by atoms with Gasteiger partial charge in [-0.3, -0.25) is 19.0 Å². The van der Waals surface area contributed by atoms with E-state index in [1.165, 1.54) is 30.5 Å². The first kappa shape index (κ1) is 35.2. The molecule has 1 aliphatic rings. The van der Waals surface area contributed by atoms with Crippen LogP contribution in [0.15, 0.2) is 65.6 Å². The van der Waals surface area contributed by atoms with Gasteiger partial charge in [0.25, 0.3) is 11.5 Å². The number of amides is 2. The van der Waals surface area contributed by atoms with Crippen molar-refractivity contribution >= 4 is 29.3 Å². The van der Waals surface area contributed by atoms with Crippen LogP contribution in [-0.2, 0) is 32.5 Å². The van der Waals surface area contributed by atoms with Crippen molar-refractivity contribution in [1.82, 2.24) is 9.55 Å². The molecule has 0 aliphatic carbocycles. The lowest BCUT2D eigenvalue weighted by atomic mass is 9.63. The van der Waals surface area contributed by atoms with Crippen LogP contribution in [0.25, 0.3) is 0 Å². The highest BCUT2D eigenvalue weighted by Crippen LogP contribution is 2.51. The molecule has 2 amide bonds. The van der Waals surface area contributed by atoms with Crippen molar-refractivity contribution in [2.24, 2.45) is 11.3 Å². The molecular formula is C34H39F3N4O6. The minimum atomic E-state index is -4.56. The number of imide groups is 1. The Labute approximate surface area is 270 Å². The summed E-state index contributed by atoms with van der Waals surface area (Å²) in [7, 11) is 0. The number of halogens is 3. The van der Waals surface area contributed by atoms with Gasteiger partial charge in [-0.1, -0.05) is 58.0 Å². The van der Waals surface area contributed by atoms with E-state index in [0.29, 0.717) is 0 Å². The maximum Gasteiger partial charge on any atom is 0.421 e. The molecule has 3 atom stereocenters. The molecule has 1 unspecified atom stereocenters. The molecule has 13 heteroatoms. The molecule has 0 radical (unpaired) electrons. The molecule has 0 bridgehead atoms. The second-order valence-corrected chi connectivity index (χ2v) is 14.0. The Morgan fingerprint density at radius 3 is 2.26 bits per heavy atom. The first-order valence-corrected chi connectivity index (χ1v) is 15.0. The predicted molar refractivity (Wildman–Crippen MR) is 169 cm³/mol. The van der Waals surface area contributed by atoms with Crippen molar-refractivity contribution in [3.8, 4) is 0 Å². The molecule has 4 rings (SSSR count). The van der Waals surface area contributed by atoms with E-state index in [1.807, 2.05) is 0 Å². The van der Waals surface area contributed by atoms with Crippen molar-refractivity contribution in [2.75, 3.05) is 10.2 Å². The van der Waals surface area contributed by atoms with Crippen molar-refractivity contribution in [1.29, 1.82) is 0 Å². The Morgan fingerprint density at radius 1 is 1.06 bits per heavy atom. The minimum Gasteiger partial charge on any atom is -0.481 e. The third-order valence-electron chi connectivity index (χ3n) is 8.02. The number of ether oxygens (including phenoxy) is 1.